The Balaban J connectivity index is 2.15. The molecule has 1 N–H and O–H groups in total. The van der Waals surface area contributed by atoms with Crippen molar-refractivity contribution in [3.05, 3.63) is 63.6 Å². The number of thioether (sulfide) groups is 1. The summed E-state index contributed by atoms with van der Waals surface area (Å²) in [5, 5.41) is 4.09. The van der Waals surface area contributed by atoms with Crippen molar-refractivity contribution < 1.29 is 14.3 Å². The highest BCUT2D eigenvalue weighted by atomic mass is 35.5. The number of hydrogen-bond donors (Lipinski definition) is 1. The number of methoxy groups -OCH3 is 1. The molecule has 32 heavy (non-hydrogen) atoms. The summed E-state index contributed by atoms with van der Waals surface area (Å²) >= 11 is 13.9. The summed E-state index contributed by atoms with van der Waals surface area (Å²) in [5.41, 5.74) is 1.74. The maximum absolute atomic E-state index is 13.2. The number of nitrogens with zero attached hydrogens (tertiary/aromatic N) is 1. The molecule has 0 radical (unpaired) electrons. The zero-order chi connectivity index (χ0) is 23.5. The van der Waals surface area contributed by atoms with Crippen molar-refractivity contribution in [2.45, 2.75) is 45.0 Å². The predicted octanol–water partition coefficient (Wildman–Crippen LogP) is 5.57. The largest absolute Gasteiger partial charge is 0.497 e. The third kappa shape index (κ3) is 7.61. The van der Waals surface area contributed by atoms with Gasteiger partial charge in [0.1, 0.15) is 11.8 Å². The first kappa shape index (κ1) is 26.4. The third-order valence-corrected chi connectivity index (χ3v) is 6.63. The molecule has 0 aliphatic heterocycles. The molecule has 0 aliphatic carbocycles. The number of benzene rings is 2. The Morgan fingerprint density at radius 1 is 1.09 bits per heavy atom. The fraction of sp³-hybridized carbons (Fsp3) is 0.417. The monoisotopic (exact) mass is 496 g/mol. The van der Waals surface area contributed by atoms with Gasteiger partial charge in [-0.1, -0.05) is 55.2 Å². The van der Waals surface area contributed by atoms with E-state index >= 15 is 0 Å². The number of ether oxygens (including phenoxy) is 1. The molecule has 1 unspecified atom stereocenters. The number of rotatable bonds is 12. The van der Waals surface area contributed by atoms with Gasteiger partial charge < -0.3 is 15.0 Å². The Hall–Kier alpha value is -1.89. The molecule has 2 rings (SSSR count). The minimum Gasteiger partial charge on any atom is -0.497 e. The van der Waals surface area contributed by atoms with Crippen molar-refractivity contribution in [2.75, 3.05) is 19.4 Å². The SMILES string of the molecule is CCCNC(=O)C(CC)N(Cc1ccc(OC)cc1)C(=O)CSCc1c(Cl)cccc1Cl. The molecule has 2 aromatic carbocycles. The lowest BCUT2D eigenvalue weighted by Gasteiger charge is -2.30. The third-order valence-electron chi connectivity index (χ3n) is 4.98. The second-order valence-electron chi connectivity index (χ2n) is 7.28. The summed E-state index contributed by atoms with van der Waals surface area (Å²) in [5.74, 6) is 1.24. The first-order valence-electron chi connectivity index (χ1n) is 10.6. The fourth-order valence-corrected chi connectivity index (χ4v) is 4.85. The second kappa shape index (κ2) is 13.6. The van der Waals surface area contributed by atoms with E-state index < -0.39 is 6.04 Å². The molecule has 0 bridgehead atoms. The van der Waals surface area contributed by atoms with E-state index in [4.69, 9.17) is 27.9 Å². The van der Waals surface area contributed by atoms with Gasteiger partial charge in [0.05, 0.1) is 12.9 Å². The molecule has 0 fully saturated rings. The van der Waals surface area contributed by atoms with Gasteiger partial charge in [0.25, 0.3) is 0 Å². The van der Waals surface area contributed by atoms with E-state index in [0.29, 0.717) is 35.3 Å². The van der Waals surface area contributed by atoms with Gasteiger partial charge in [0.2, 0.25) is 11.8 Å². The van der Waals surface area contributed by atoms with Crippen LogP contribution in [0.15, 0.2) is 42.5 Å². The van der Waals surface area contributed by atoms with E-state index in [1.54, 1.807) is 30.2 Å². The van der Waals surface area contributed by atoms with Gasteiger partial charge in [-0.25, -0.2) is 0 Å². The quantitative estimate of drug-likeness (QED) is 0.417. The molecule has 0 aliphatic rings. The van der Waals surface area contributed by atoms with Crippen LogP contribution < -0.4 is 10.1 Å². The molecule has 0 saturated heterocycles. The fourth-order valence-electron chi connectivity index (χ4n) is 3.21. The molecule has 0 saturated carbocycles. The standard InChI is InChI=1S/C24H30Cl2N2O3S/c1-4-13-27-24(30)22(5-2)28(14-17-9-11-18(31-3)12-10-17)23(29)16-32-15-19-20(25)7-6-8-21(19)26/h6-12,22H,4-5,13-16H2,1-3H3,(H,27,30). The molecule has 1 atom stereocenters. The summed E-state index contributed by atoms with van der Waals surface area (Å²) in [6.07, 6.45) is 1.36. The van der Waals surface area contributed by atoms with Crippen LogP contribution in [0.4, 0.5) is 0 Å². The van der Waals surface area contributed by atoms with Crippen LogP contribution in [-0.4, -0.2) is 42.2 Å². The number of nitrogens with one attached hydrogen (secondary N) is 1. The first-order valence-corrected chi connectivity index (χ1v) is 12.5. The number of carbonyl (C=O) groups is 2. The van der Waals surface area contributed by atoms with Crippen LogP contribution in [0.1, 0.15) is 37.8 Å². The van der Waals surface area contributed by atoms with E-state index in [2.05, 4.69) is 5.32 Å². The average molecular weight is 497 g/mol. The molecule has 0 aromatic heterocycles. The minimum absolute atomic E-state index is 0.104. The summed E-state index contributed by atoms with van der Waals surface area (Å²) in [4.78, 5) is 27.7. The lowest BCUT2D eigenvalue weighted by molar-refractivity contribution is -0.139. The van der Waals surface area contributed by atoms with Crippen molar-refractivity contribution in [2.24, 2.45) is 0 Å². The van der Waals surface area contributed by atoms with Crippen molar-refractivity contribution in [3.8, 4) is 5.75 Å². The Labute approximate surface area is 204 Å². The Kier molecular flexibility index (Phi) is 11.2. The predicted molar refractivity (Wildman–Crippen MR) is 134 cm³/mol. The van der Waals surface area contributed by atoms with Crippen LogP contribution in [-0.2, 0) is 21.9 Å². The highest BCUT2D eigenvalue weighted by molar-refractivity contribution is 7.99. The van der Waals surface area contributed by atoms with Crippen molar-refractivity contribution in [3.63, 3.8) is 0 Å². The van der Waals surface area contributed by atoms with E-state index in [0.717, 1.165) is 23.3 Å². The molecule has 2 amide bonds. The van der Waals surface area contributed by atoms with E-state index in [1.165, 1.54) is 11.8 Å². The summed E-state index contributed by atoms with van der Waals surface area (Å²) in [7, 11) is 1.61. The molecule has 174 valence electrons. The molecular weight excluding hydrogens is 467 g/mol. The van der Waals surface area contributed by atoms with Crippen LogP contribution in [0.3, 0.4) is 0 Å². The lowest BCUT2D eigenvalue weighted by atomic mass is 10.1. The van der Waals surface area contributed by atoms with Crippen LogP contribution in [0.25, 0.3) is 0 Å². The molecule has 0 heterocycles. The number of hydrogen-bond acceptors (Lipinski definition) is 4. The summed E-state index contributed by atoms with van der Waals surface area (Å²) in [6, 6.07) is 12.3. The van der Waals surface area contributed by atoms with E-state index in [-0.39, 0.29) is 17.6 Å². The molecule has 5 nitrogen and oxygen atoms in total. The normalized spacial score (nSPS) is 11.7. The smallest absolute Gasteiger partial charge is 0.242 e. The van der Waals surface area contributed by atoms with Gasteiger partial charge in [-0.2, -0.15) is 0 Å². The Morgan fingerprint density at radius 3 is 2.31 bits per heavy atom. The zero-order valence-corrected chi connectivity index (χ0v) is 21.0. The maximum Gasteiger partial charge on any atom is 0.242 e. The highest BCUT2D eigenvalue weighted by Gasteiger charge is 2.28. The topological polar surface area (TPSA) is 58.6 Å². The van der Waals surface area contributed by atoms with Gasteiger partial charge in [0.15, 0.2) is 0 Å². The zero-order valence-electron chi connectivity index (χ0n) is 18.7. The van der Waals surface area contributed by atoms with Gasteiger partial charge in [-0.05, 0) is 48.2 Å². The summed E-state index contributed by atoms with van der Waals surface area (Å²) < 4.78 is 5.22. The van der Waals surface area contributed by atoms with Gasteiger partial charge in [-0.15, -0.1) is 11.8 Å². The summed E-state index contributed by atoms with van der Waals surface area (Å²) in [6.45, 7) is 4.84. The number of halogens is 2. The minimum atomic E-state index is -0.541. The van der Waals surface area contributed by atoms with Crippen LogP contribution in [0.5, 0.6) is 5.75 Å². The van der Waals surface area contributed by atoms with Crippen LogP contribution in [0.2, 0.25) is 10.0 Å². The van der Waals surface area contributed by atoms with E-state index in [1.807, 2.05) is 38.1 Å². The Morgan fingerprint density at radius 2 is 1.75 bits per heavy atom. The maximum atomic E-state index is 13.2. The molecule has 2 aromatic rings. The van der Waals surface area contributed by atoms with Gasteiger partial charge in [-0.3, -0.25) is 9.59 Å². The Bertz CT molecular complexity index is 873. The highest BCUT2D eigenvalue weighted by Crippen LogP contribution is 2.28. The molecule has 8 heteroatoms. The van der Waals surface area contributed by atoms with Gasteiger partial charge in [0, 0.05) is 28.9 Å². The van der Waals surface area contributed by atoms with Crippen molar-refractivity contribution >= 4 is 46.8 Å². The lowest BCUT2D eigenvalue weighted by Crippen LogP contribution is -2.49. The van der Waals surface area contributed by atoms with Gasteiger partial charge >= 0.3 is 0 Å². The van der Waals surface area contributed by atoms with E-state index in [9.17, 15) is 9.59 Å². The molecule has 0 spiro atoms. The number of carbonyl (C=O) groups excluding carboxylic acids is 2. The van der Waals surface area contributed by atoms with Crippen molar-refractivity contribution in [1.29, 1.82) is 0 Å². The van der Waals surface area contributed by atoms with Crippen molar-refractivity contribution in [1.82, 2.24) is 10.2 Å². The average Bonchev–Trinajstić information content (AvgIpc) is 2.79. The van der Waals surface area contributed by atoms with Crippen LogP contribution >= 0.6 is 35.0 Å². The first-order chi connectivity index (χ1) is 15.4. The number of amides is 2. The second-order valence-corrected chi connectivity index (χ2v) is 9.08. The van der Waals surface area contributed by atoms with Crippen LogP contribution in [0, 0.1) is 0 Å². The molecular formula is C24H30Cl2N2O3S.